The molecule has 1 rings (SSSR count). The van der Waals surface area contributed by atoms with Crippen LogP contribution in [0, 0.1) is 12.8 Å². The second-order valence-corrected chi connectivity index (χ2v) is 3.84. The summed E-state index contributed by atoms with van der Waals surface area (Å²) in [7, 11) is 0. The molecule has 1 aromatic heterocycles. The van der Waals surface area contributed by atoms with Gasteiger partial charge in [0.05, 0.1) is 12.6 Å². The molecule has 1 amide bonds. The Morgan fingerprint density at radius 3 is 2.69 bits per heavy atom. The first kappa shape index (κ1) is 14.9. The van der Waals surface area contributed by atoms with E-state index in [2.05, 4.69) is 10.3 Å². The third-order valence-corrected chi connectivity index (χ3v) is 2.30. The summed E-state index contributed by atoms with van der Waals surface area (Å²) in [4.78, 5) is 15.5. The number of halogens is 1. The van der Waals surface area contributed by atoms with Crippen molar-refractivity contribution < 1.29 is 9.21 Å². The van der Waals surface area contributed by atoms with Crippen molar-refractivity contribution in [1.82, 2.24) is 10.3 Å². The standard InChI is InChI=1S/C10H17N3O2.ClH/c1-6(2)9(11)10(14)12-4-8-7(3)15-5-13-8;/h5-6,9H,4,11H2,1-3H3,(H,12,14);1H/t9-;/m0./s1. The van der Waals surface area contributed by atoms with Crippen molar-refractivity contribution in [2.24, 2.45) is 11.7 Å². The van der Waals surface area contributed by atoms with Crippen molar-refractivity contribution >= 4 is 18.3 Å². The van der Waals surface area contributed by atoms with E-state index in [0.29, 0.717) is 12.3 Å². The molecule has 1 aromatic rings. The average molecular weight is 248 g/mol. The normalized spacial score (nSPS) is 12.1. The number of aryl methyl sites for hydroxylation is 1. The molecule has 5 nitrogen and oxygen atoms in total. The number of carbonyl (C=O) groups is 1. The number of nitrogens with two attached hydrogens (primary N) is 1. The lowest BCUT2D eigenvalue weighted by molar-refractivity contribution is -0.123. The van der Waals surface area contributed by atoms with Gasteiger partial charge in [-0.05, 0) is 12.8 Å². The molecule has 1 atom stereocenters. The molecule has 0 saturated carbocycles. The van der Waals surface area contributed by atoms with Crippen molar-refractivity contribution in [2.75, 3.05) is 0 Å². The first-order valence-electron chi connectivity index (χ1n) is 4.94. The van der Waals surface area contributed by atoms with E-state index in [4.69, 9.17) is 10.2 Å². The lowest BCUT2D eigenvalue weighted by Gasteiger charge is -2.14. The molecule has 0 unspecified atom stereocenters. The second kappa shape index (κ2) is 6.50. The van der Waals surface area contributed by atoms with Gasteiger partial charge in [-0.3, -0.25) is 4.79 Å². The first-order valence-corrected chi connectivity index (χ1v) is 4.94. The van der Waals surface area contributed by atoms with Crippen molar-refractivity contribution in [2.45, 2.75) is 33.4 Å². The number of hydrogen-bond donors (Lipinski definition) is 2. The molecule has 3 N–H and O–H groups in total. The van der Waals surface area contributed by atoms with Crippen LogP contribution in [0.15, 0.2) is 10.8 Å². The molecule has 0 spiro atoms. The molecule has 6 heteroatoms. The maximum atomic E-state index is 11.5. The van der Waals surface area contributed by atoms with Crippen LogP contribution in [0.25, 0.3) is 0 Å². The molecule has 0 radical (unpaired) electrons. The van der Waals surface area contributed by atoms with Gasteiger partial charge in [0.25, 0.3) is 0 Å². The van der Waals surface area contributed by atoms with E-state index in [-0.39, 0.29) is 24.2 Å². The Morgan fingerprint density at radius 1 is 1.62 bits per heavy atom. The Balaban J connectivity index is 0.00000225. The van der Waals surface area contributed by atoms with E-state index in [1.807, 2.05) is 13.8 Å². The van der Waals surface area contributed by atoms with Gasteiger partial charge in [0.1, 0.15) is 11.5 Å². The zero-order valence-corrected chi connectivity index (χ0v) is 10.5. The summed E-state index contributed by atoms with van der Waals surface area (Å²) in [6.07, 6.45) is 1.36. The van der Waals surface area contributed by atoms with Crippen LogP contribution in [0.4, 0.5) is 0 Å². The Morgan fingerprint density at radius 2 is 2.25 bits per heavy atom. The van der Waals surface area contributed by atoms with E-state index in [1.165, 1.54) is 6.39 Å². The SMILES string of the molecule is Cc1ocnc1CNC(=O)[C@@H](N)C(C)C.Cl. The first-order chi connectivity index (χ1) is 7.02. The summed E-state index contributed by atoms with van der Waals surface area (Å²) in [5.41, 5.74) is 6.42. The highest BCUT2D eigenvalue weighted by Gasteiger charge is 2.17. The van der Waals surface area contributed by atoms with Crippen LogP contribution >= 0.6 is 12.4 Å². The Hall–Kier alpha value is -1.07. The van der Waals surface area contributed by atoms with Crippen molar-refractivity contribution in [3.63, 3.8) is 0 Å². The quantitative estimate of drug-likeness (QED) is 0.832. The largest absolute Gasteiger partial charge is 0.448 e. The highest BCUT2D eigenvalue weighted by atomic mass is 35.5. The summed E-state index contributed by atoms with van der Waals surface area (Å²) in [5.74, 6) is 0.684. The van der Waals surface area contributed by atoms with Crippen LogP contribution in [-0.2, 0) is 11.3 Å². The fraction of sp³-hybridized carbons (Fsp3) is 0.600. The number of carbonyl (C=O) groups excluding carboxylic acids is 1. The minimum Gasteiger partial charge on any atom is -0.448 e. The molecule has 16 heavy (non-hydrogen) atoms. The van der Waals surface area contributed by atoms with Crippen LogP contribution < -0.4 is 11.1 Å². The summed E-state index contributed by atoms with van der Waals surface area (Å²) >= 11 is 0. The van der Waals surface area contributed by atoms with E-state index in [9.17, 15) is 4.79 Å². The minimum atomic E-state index is -0.475. The van der Waals surface area contributed by atoms with E-state index >= 15 is 0 Å². The van der Waals surface area contributed by atoms with E-state index < -0.39 is 6.04 Å². The molecular formula is C10H18ClN3O2. The Labute approximate surface area is 101 Å². The van der Waals surface area contributed by atoms with Gasteiger partial charge in [0.15, 0.2) is 6.39 Å². The fourth-order valence-corrected chi connectivity index (χ4v) is 1.09. The van der Waals surface area contributed by atoms with Crippen molar-refractivity contribution in [3.05, 3.63) is 17.8 Å². The zero-order valence-electron chi connectivity index (χ0n) is 9.69. The fourth-order valence-electron chi connectivity index (χ4n) is 1.09. The summed E-state index contributed by atoms with van der Waals surface area (Å²) < 4.78 is 5.01. The average Bonchev–Trinajstić information content (AvgIpc) is 2.59. The highest BCUT2D eigenvalue weighted by Crippen LogP contribution is 2.04. The van der Waals surface area contributed by atoms with E-state index in [1.54, 1.807) is 6.92 Å². The van der Waals surface area contributed by atoms with Crippen LogP contribution in [0.3, 0.4) is 0 Å². The molecule has 0 aliphatic rings. The Bertz CT molecular complexity index is 339. The zero-order chi connectivity index (χ0) is 11.4. The third kappa shape index (κ3) is 3.83. The maximum absolute atomic E-state index is 11.5. The molecule has 0 saturated heterocycles. The number of amides is 1. The molecular weight excluding hydrogens is 230 g/mol. The molecule has 92 valence electrons. The predicted molar refractivity (Wildman–Crippen MR) is 63.1 cm³/mol. The van der Waals surface area contributed by atoms with Gasteiger partial charge in [-0.2, -0.15) is 0 Å². The van der Waals surface area contributed by atoms with Gasteiger partial charge in [0.2, 0.25) is 5.91 Å². The molecule has 0 aliphatic heterocycles. The molecule has 0 fully saturated rings. The number of oxazole rings is 1. The summed E-state index contributed by atoms with van der Waals surface area (Å²) in [6, 6.07) is -0.475. The van der Waals surface area contributed by atoms with Crippen LogP contribution in [0.2, 0.25) is 0 Å². The smallest absolute Gasteiger partial charge is 0.237 e. The van der Waals surface area contributed by atoms with Crippen LogP contribution in [0.5, 0.6) is 0 Å². The van der Waals surface area contributed by atoms with Gasteiger partial charge < -0.3 is 15.5 Å². The summed E-state index contributed by atoms with van der Waals surface area (Å²) in [6.45, 7) is 5.98. The Kier molecular flexibility index (Phi) is 6.06. The second-order valence-electron chi connectivity index (χ2n) is 3.84. The maximum Gasteiger partial charge on any atom is 0.237 e. The number of hydrogen-bond acceptors (Lipinski definition) is 4. The molecule has 0 aliphatic carbocycles. The minimum absolute atomic E-state index is 0. The monoisotopic (exact) mass is 247 g/mol. The van der Waals surface area contributed by atoms with Gasteiger partial charge in [-0.25, -0.2) is 4.98 Å². The van der Waals surface area contributed by atoms with Crippen molar-refractivity contribution in [1.29, 1.82) is 0 Å². The molecule has 0 aromatic carbocycles. The number of aromatic nitrogens is 1. The molecule has 1 heterocycles. The summed E-state index contributed by atoms with van der Waals surface area (Å²) in [5, 5.41) is 2.72. The third-order valence-electron chi connectivity index (χ3n) is 2.30. The predicted octanol–water partition coefficient (Wildman–Crippen LogP) is 1.00. The van der Waals surface area contributed by atoms with Gasteiger partial charge in [-0.15, -0.1) is 12.4 Å². The van der Waals surface area contributed by atoms with Crippen LogP contribution in [0.1, 0.15) is 25.3 Å². The van der Waals surface area contributed by atoms with Gasteiger partial charge in [-0.1, -0.05) is 13.8 Å². The number of nitrogens with zero attached hydrogens (tertiary/aromatic N) is 1. The lowest BCUT2D eigenvalue weighted by atomic mass is 10.1. The van der Waals surface area contributed by atoms with Crippen molar-refractivity contribution in [3.8, 4) is 0 Å². The van der Waals surface area contributed by atoms with Gasteiger partial charge in [0, 0.05) is 0 Å². The van der Waals surface area contributed by atoms with Gasteiger partial charge >= 0.3 is 0 Å². The highest BCUT2D eigenvalue weighted by molar-refractivity contribution is 5.85. The number of nitrogens with one attached hydrogen (secondary N) is 1. The van der Waals surface area contributed by atoms with E-state index in [0.717, 1.165) is 5.69 Å². The van der Waals surface area contributed by atoms with Crippen LogP contribution in [-0.4, -0.2) is 16.9 Å². The topological polar surface area (TPSA) is 81.2 Å². The molecule has 0 bridgehead atoms. The number of rotatable bonds is 4. The lowest BCUT2D eigenvalue weighted by Crippen LogP contribution is -2.43.